The molecule has 0 spiro atoms. The number of benzene rings is 1. The van der Waals surface area contributed by atoms with Gasteiger partial charge in [-0.3, -0.25) is 4.79 Å². The van der Waals surface area contributed by atoms with Crippen LogP contribution in [0, 0.1) is 5.92 Å². The van der Waals surface area contributed by atoms with Crippen molar-refractivity contribution in [3.63, 3.8) is 0 Å². The van der Waals surface area contributed by atoms with Gasteiger partial charge in [0, 0.05) is 17.7 Å². The number of aryl methyl sites for hydroxylation is 1. The van der Waals surface area contributed by atoms with Crippen LogP contribution < -0.4 is 5.32 Å². The van der Waals surface area contributed by atoms with E-state index in [-0.39, 0.29) is 17.6 Å². The van der Waals surface area contributed by atoms with E-state index in [0.29, 0.717) is 4.47 Å². The van der Waals surface area contributed by atoms with Crippen LogP contribution in [0.2, 0.25) is 0 Å². The van der Waals surface area contributed by atoms with Gasteiger partial charge in [-0.05, 0) is 40.4 Å². The number of carbonyl (C=O) groups is 1. The lowest BCUT2D eigenvalue weighted by atomic mass is 10.0. The quantitative estimate of drug-likeness (QED) is 0.761. The van der Waals surface area contributed by atoms with Crippen LogP contribution in [0.3, 0.4) is 0 Å². The number of hydrogen-bond donors (Lipinski definition) is 2. The summed E-state index contributed by atoms with van der Waals surface area (Å²) in [4.78, 5) is 11.6. The molecule has 1 unspecified atom stereocenters. The van der Waals surface area contributed by atoms with Crippen LogP contribution in [0.5, 0.6) is 5.75 Å². The number of rotatable bonds is 0. The molecule has 0 saturated carbocycles. The Balaban J connectivity index is 2.43. The van der Waals surface area contributed by atoms with Crippen LogP contribution in [0.15, 0.2) is 16.6 Å². The summed E-state index contributed by atoms with van der Waals surface area (Å²) in [6.07, 6.45) is 1.70. The van der Waals surface area contributed by atoms with E-state index in [1.807, 2.05) is 13.0 Å². The second kappa shape index (κ2) is 3.85. The molecule has 0 saturated heterocycles. The summed E-state index contributed by atoms with van der Waals surface area (Å²) in [5.74, 6) is 0.206. The first-order valence-electron chi connectivity index (χ1n) is 4.90. The Kier molecular flexibility index (Phi) is 2.69. The lowest BCUT2D eigenvalue weighted by Gasteiger charge is -2.08. The molecule has 0 radical (unpaired) electrons. The van der Waals surface area contributed by atoms with E-state index in [1.54, 1.807) is 6.07 Å². The predicted molar refractivity (Wildman–Crippen MR) is 61.9 cm³/mol. The molecule has 1 atom stereocenters. The number of hydrogen-bond acceptors (Lipinski definition) is 2. The SMILES string of the molecule is CC1CCc2cc(Br)c(O)cc2NC1=O. The Morgan fingerprint density at radius 3 is 3.00 bits per heavy atom. The van der Waals surface area contributed by atoms with Gasteiger partial charge in [-0.2, -0.15) is 0 Å². The summed E-state index contributed by atoms with van der Waals surface area (Å²) in [5, 5.41) is 12.3. The van der Waals surface area contributed by atoms with Crippen molar-refractivity contribution in [2.45, 2.75) is 19.8 Å². The first kappa shape index (κ1) is 10.5. The Bertz CT molecular complexity index is 417. The topological polar surface area (TPSA) is 49.3 Å². The van der Waals surface area contributed by atoms with Crippen molar-refractivity contribution >= 4 is 27.5 Å². The molecule has 0 bridgehead atoms. The third-order valence-corrected chi connectivity index (χ3v) is 3.36. The van der Waals surface area contributed by atoms with Crippen molar-refractivity contribution < 1.29 is 9.90 Å². The molecule has 80 valence electrons. The number of aromatic hydroxyl groups is 1. The van der Waals surface area contributed by atoms with Crippen molar-refractivity contribution in [1.29, 1.82) is 0 Å². The minimum absolute atomic E-state index is 0.0236. The maximum atomic E-state index is 11.6. The third-order valence-electron chi connectivity index (χ3n) is 2.72. The fraction of sp³-hybridized carbons (Fsp3) is 0.364. The van der Waals surface area contributed by atoms with Gasteiger partial charge in [0.05, 0.1) is 4.47 Å². The molecule has 1 aliphatic rings. The van der Waals surface area contributed by atoms with E-state index in [2.05, 4.69) is 21.2 Å². The Morgan fingerprint density at radius 1 is 1.53 bits per heavy atom. The van der Waals surface area contributed by atoms with Gasteiger partial charge in [-0.25, -0.2) is 0 Å². The summed E-state index contributed by atoms with van der Waals surface area (Å²) < 4.78 is 0.671. The number of fused-ring (bicyclic) bond motifs is 1. The van der Waals surface area contributed by atoms with Gasteiger partial charge in [0.2, 0.25) is 5.91 Å². The lowest BCUT2D eigenvalue weighted by molar-refractivity contribution is -0.119. The monoisotopic (exact) mass is 269 g/mol. The molecular formula is C11H12BrNO2. The van der Waals surface area contributed by atoms with E-state index in [0.717, 1.165) is 24.1 Å². The number of halogens is 1. The van der Waals surface area contributed by atoms with Crippen LogP contribution in [-0.2, 0) is 11.2 Å². The number of anilines is 1. The molecule has 0 aliphatic carbocycles. The first-order chi connectivity index (χ1) is 7.08. The molecule has 0 fully saturated rings. The predicted octanol–water partition coefficient (Wildman–Crippen LogP) is 2.68. The number of nitrogens with one attached hydrogen (secondary N) is 1. The lowest BCUT2D eigenvalue weighted by Crippen LogP contribution is -2.18. The minimum Gasteiger partial charge on any atom is -0.507 e. The van der Waals surface area contributed by atoms with Gasteiger partial charge in [0.1, 0.15) is 5.75 Å². The van der Waals surface area contributed by atoms with Gasteiger partial charge in [-0.1, -0.05) is 6.92 Å². The molecule has 1 aromatic rings. The van der Waals surface area contributed by atoms with E-state index in [4.69, 9.17) is 0 Å². The maximum Gasteiger partial charge on any atom is 0.227 e. The highest BCUT2D eigenvalue weighted by atomic mass is 79.9. The minimum atomic E-state index is 0.0236. The summed E-state index contributed by atoms with van der Waals surface area (Å²) in [7, 11) is 0. The van der Waals surface area contributed by atoms with E-state index < -0.39 is 0 Å². The van der Waals surface area contributed by atoms with E-state index in [9.17, 15) is 9.90 Å². The first-order valence-corrected chi connectivity index (χ1v) is 5.69. The molecule has 2 N–H and O–H groups in total. The van der Waals surface area contributed by atoms with Crippen molar-refractivity contribution in [2.24, 2.45) is 5.92 Å². The van der Waals surface area contributed by atoms with Crippen molar-refractivity contribution in [1.82, 2.24) is 0 Å². The largest absolute Gasteiger partial charge is 0.507 e. The summed E-state index contributed by atoms with van der Waals surface area (Å²) in [6.45, 7) is 1.91. The highest BCUT2D eigenvalue weighted by Gasteiger charge is 2.20. The van der Waals surface area contributed by atoms with Gasteiger partial charge in [0.25, 0.3) is 0 Å². The molecule has 1 heterocycles. The fourth-order valence-corrected chi connectivity index (χ4v) is 2.08. The van der Waals surface area contributed by atoms with Crippen LogP contribution in [-0.4, -0.2) is 11.0 Å². The average molecular weight is 270 g/mol. The molecule has 15 heavy (non-hydrogen) atoms. The molecule has 0 aromatic heterocycles. The molecule has 1 aliphatic heterocycles. The number of phenolic OH excluding ortho intramolecular Hbond substituents is 1. The van der Waals surface area contributed by atoms with Gasteiger partial charge in [-0.15, -0.1) is 0 Å². The number of amides is 1. The second-order valence-corrected chi connectivity index (χ2v) is 4.74. The molecule has 2 rings (SSSR count). The standard InChI is InChI=1S/C11H12BrNO2/c1-6-2-3-7-4-8(12)10(14)5-9(7)13-11(6)15/h4-6,14H,2-3H2,1H3,(H,13,15). The zero-order valence-electron chi connectivity index (χ0n) is 8.38. The zero-order valence-corrected chi connectivity index (χ0v) is 9.97. The molecule has 1 aromatic carbocycles. The highest BCUT2D eigenvalue weighted by Crippen LogP contribution is 2.33. The van der Waals surface area contributed by atoms with Crippen LogP contribution in [0.25, 0.3) is 0 Å². The molecule has 4 heteroatoms. The maximum absolute atomic E-state index is 11.6. The zero-order chi connectivity index (χ0) is 11.0. The van der Waals surface area contributed by atoms with Gasteiger partial charge in [0.15, 0.2) is 0 Å². The van der Waals surface area contributed by atoms with Gasteiger partial charge < -0.3 is 10.4 Å². The van der Waals surface area contributed by atoms with Crippen molar-refractivity contribution in [2.75, 3.05) is 5.32 Å². The van der Waals surface area contributed by atoms with E-state index in [1.165, 1.54) is 0 Å². The normalized spacial score (nSPS) is 20.4. The Morgan fingerprint density at radius 2 is 2.27 bits per heavy atom. The fourth-order valence-electron chi connectivity index (χ4n) is 1.69. The van der Waals surface area contributed by atoms with E-state index >= 15 is 0 Å². The summed E-state index contributed by atoms with van der Waals surface area (Å²) in [5.41, 5.74) is 1.79. The van der Waals surface area contributed by atoms with Crippen LogP contribution >= 0.6 is 15.9 Å². The summed E-state index contributed by atoms with van der Waals surface area (Å²) in [6, 6.07) is 3.46. The highest BCUT2D eigenvalue weighted by molar-refractivity contribution is 9.10. The van der Waals surface area contributed by atoms with Crippen molar-refractivity contribution in [3.8, 4) is 5.75 Å². The summed E-state index contributed by atoms with van der Waals surface area (Å²) >= 11 is 3.27. The second-order valence-electron chi connectivity index (χ2n) is 3.89. The smallest absolute Gasteiger partial charge is 0.227 e. The van der Waals surface area contributed by atoms with Crippen molar-refractivity contribution in [3.05, 3.63) is 22.2 Å². The molecular weight excluding hydrogens is 258 g/mol. The molecule has 1 amide bonds. The van der Waals surface area contributed by atoms with Crippen LogP contribution in [0.1, 0.15) is 18.9 Å². The average Bonchev–Trinajstić information content (AvgIpc) is 2.31. The number of carbonyl (C=O) groups excluding carboxylic acids is 1. The Labute approximate surface area is 96.6 Å². The third kappa shape index (κ3) is 2.00. The van der Waals surface area contributed by atoms with Crippen LogP contribution in [0.4, 0.5) is 5.69 Å². The molecule has 3 nitrogen and oxygen atoms in total. The number of phenols is 1. The van der Waals surface area contributed by atoms with Gasteiger partial charge >= 0.3 is 0 Å². The Hall–Kier alpha value is -1.03.